The van der Waals surface area contributed by atoms with Crippen LogP contribution in [0.1, 0.15) is 32.8 Å². The lowest BCUT2D eigenvalue weighted by molar-refractivity contribution is -0.148. The van der Waals surface area contributed by atoms with E-state index in [1.54, 1.807) is 31.5 Å². The molecule has 0 saturated carbocycles. The van der Waals surface area contributed by atoms with Gasteiger partial charge in [0, 0.05) is 34.3 Å². The lowest BCUT2D eigenvalue weighted by atomic mass is 9.58. The number of carbonyl (C=O) groups excluding carboxylic acids is 3. The summed E-state index contributed by atoms with van der Waals surface area (Å²) >= 11 is 1.57. The van der Waals surface area contributed by atoms with Gasteiger partial charge in [-0.25, -0.2) is 0 Å². The lowest BCUT2D eigenvalue weighted by Gasteiger charge is -2.50. The third kappa shape index (κ3) is 4.55. The predicted octanol–water partition coefficient (Wildman–Crippen LogP) is 3.14. The zero-order valence-corrected chi connectivity index (χ0v) is 25.0. The first-order valence-electron chi connectivity index (χ1n) is 14.3. The van der Waals surface area contributed by atoms with Crippen LogP contribution in [0.15, 0.2) is 77.3 Å². The van der Waals surface area contributed by atoms with Crippen molar-refractivity contribution in [1.29, 1.82) is 0 Å². The molecule has 0 spiro atoms. The molecule has 0 fully saturated rings. The first-order chi connectivity index (χ1) is 20.9. The summed E-state index contributed by atoms with van der Waals surface area (Å²) in [6.45, 7) is 1.36. The van der Waals surface area contributed by atoms with E-state index in [-0.39, 0.29) is 29.7 Å². The maximum absolute atomic E-state index is 14.0. The van der Waals surface area contributed by atoms with Crippen LogP contribution in [-0.2, 0) is 29.1 Å². The van der Waals surface area contributed by atoms with Gasteiger partial charge in [0.1, 0.15) is 22.8 Å². The molecule has 2 aromatic carbocycles. The van der Waals surface area contributed by atoms with Crippen molar-refractivity contribution < 1.29 is 34.8 Å². The van der Waals surface area contributed by atoms with Gasteiger partial charge in [-0.1, -0.05) is 30.3 Å². The fourth-order valence-electron chi connectivity index (χ4n) is 7.03. The van der Waals surface area contributed by atoms with Gasteiger partial charge in [-0.15, -0.1) is 11.3 Å². The van der Waals surface area contributed by atoms with Crippen LogP contribution in [0, 0.1) is 11.8 Å². The molecule has 44 heavy (non-hydrogen) atoms. The number of aliphatic hydroxyl groups is 3. The molecular weight excluding hydrogens is 582 g/mol. The van der Waals surface area contributed by atoms with E-state index in [1.165, 1.54) is 16.5 Å². The number of nitrogens with one attached hydrogen (secondary N) is 1. The Morgan fingerprint density at radius 3 is 2.45 bits per heavy atom. The normalized spacial score (nSPS) is 24.8. The van der Waals surface area contributed by atoms with Gasteiger partial charge >= 0.3 is 0 Å². The number of rotatable bonds is 7. The van der Waals surface area contributed by atoms with Crippen molar-refractivity contribution in [2.45, 2.75) is 37.6 Å². The number of carbonyl (C=O) groups is 3. The molecule has 0 aliphatic heterocycles. The number of phenols is 1. The fraction of sp³-hybridized carbons (Fsp3) is 0.303. The van der Waals surface area contributed by atoms with E-state index in [2.05, 4.69) is 17.4 Å². The number of ketones is 2. The Kier molecular flexibility index (Phi) is 7.45. The van der Waals surface area contributed by atoms with Crippen LogP contribution in [0.3, 0.4) is 0 Å². The summed E-state index contributed by atoms with van der Waals surface area (Å²) in [6, 6.07) is 16.2. The summed E-state index contributed by atoms with van der Waals surface area (Å²) in [5, 5.41) is 48.5. The van der Waals surface area contributed by atoms with Gasteiger partial charge in [-0.2, -0.15) is 0 Å². The molecule has 0 bridgehead atoms. The van der Waals surface area contributed by atoms with E-state index in [0.29, 0.717) is 18.7 Å². The number of primary amides is 1. The van der Waals surface area contributed by atoms with Crippen molar-refractivity contribution in [2.75, 3.05) is 14.1 Å². The van der Waals surface area contributed by atoms with Crippen molar-refractivity contribution in [3.05, 3.63) is 98.8 Å². The number of allylic oxidation sites excluding steroid dienone is 1. The molecule has 3 aliphatic carbocycles. The van der Waals surface area contributed by atoms with Gasteiger partial charge in [0.05, 0.1) is 11.6 Å². The monoisotopic (exact) mass is 615 g/mol. The third-order valence-corrected chi connectivity index (χ3v) is 10.1. The van der Waals surface area contributed by atoms with Gasteiger partial charge in [0.2, 0.25) is 5.78 Å². The highest BCUT2D eigenvalue weighted by Crippen LogP contribution is 2.53. The van der Waals surface area contributed by atoms with Gasteiger partial charge in [-0.05, 0) is 73.8 Å². The molecular formula is C33H33N3O7S. The highest BCUT2D eigenvalue weighted by atomic mass is 32.1. The maximum Gasteiger partial charge on any atom is 0.255 e. The van der Waals surface area contributed by atoms with Gasteiger partial charge in [0.25, 0.3) is 5.91 Å². The van der Waals surface area contributed by atoms with Gasteiger partial charge in [-0.3, -0.25) is 19.3 Å². The van der Waals surface area contributed by atoms with Crippen LogP contribution < -0.4 is 11.1 Å². The minimum Gasteiger partial charge on any atom is -0.510 e. The van der Waals surface area contributed by atoms with Crippen molar-refractivity contribution >= 4 is 28.8 Å². The summed E-state index contributed by atoms with van der Waals surface area (Å²) in [6.07, 6.45) is 0.276. The van der Waals surface area contributed by atoms with E-state index in [4.69, 9.17) is 5.73 Å². The average Bonchev–Trinajstić information content (AvgIpc) is 3.44. The number of nitrogens with two attached hydrogens (primary N) is 1. The van der Waals surface area contributed by atoms with Crippen molar-refractivity contribution in [3.8, 4) is 16.2 Å². The number of Topliss-reactive ketones (excluding diaryl/α,β-unsaturated/α-hetero) is 2. The fourth-order valence-corrected chi connectivity index (χ4v) is 8.06. The summed E-state index contributed by atoms with van der Waals surface area (Å²) in [5.41, 5.74) is 4.29. The minimum absolute atomic E-state index is 0.000402. The number of likely N-dealkylation sites (N-methyl/N-ethyl adjacent to an activating group) is 1. The number of hydrogen-bond acceptors (Lipinski definition) is 10. The summed E-state index contributed by atoms with van der Waals surface area (Å²) in [4.78, 5) is 43.1. The predicted molar refractivity (Wildman–Crippen MR) is 164 cm³/mol. The maximum atomic E-state index is 14.0. The van der Waals surface area contributed by atoms with Crippen molar-refractivity contribution in [1.82, 2.24) is 10.2 Å². The van der Waals surface area contributed by atoms with E-state index >= 15 is 0 Å². The lowest BCUT2D eigenvalue weighted by Crippen LogP contribution is -2.63. The van der Waals surface area contributed by atoms with Crippen LogP contribution in [-0.4, -0.2) is 68.5 Å². The van der Waals surface area contributed by atoms with Crippen LogP contribution in [0.5, 0.6) is 5.75 Å². The molecule has 11 heteroatoms. The van der Waals surface area contributed by atoms with Crippen LogP contribution in [0.25, 0.3) is 10.4 Å². The van der Waals surface area contributed by atoms with E-state index in [0.717, 1.165) is 15.3 Å². The number of benzene rings is 2. The number of hydrogen-bond donors (Lipinski definition) is 6. The molecule has 3 aliphatic rings. The second kappa shape index (κ2) is 11.0. The Bertz CT molecular complexity index is 1760. The highest BCUT2D eigenvalue weighted by molar-refractivity contribution is 7.15. The Morgan fingerprint density at radius 1 is 1.05 bits per heavy atom. The molecule has 7 N–H and O–H groups in total. The number of amides is 1. The number of nitrogens with zero attached hydrogens (tertiary/aromatic N) is 1. The van der Waals surface area contributed by atoms with Crippen LogP contribution >= 0.6 is 11.3 Å². The summed E-state index contributed by atoms with van der Waals surface area (Å²) < 4.78 is 0. The van der Waals surface area contributed by atoms with Crippen LogP contribution in [0.4, 0.5) is 0 Å². The average molecular weight is 616 g/mol. The highest BCUT2D eigenvalue weighted by Gasteiger charge is 2.63. The first-order valence-corrected chi connectivity index (χ1v) is 15.1. The molecule has 1 heterocycles. The second-order valence-electron chi connectivity index (χ2n) is 11.8. The van der Waals surface area contributed by atoms with Crippen LogP contribution in [0.2, 0.25) is 0 Å². The van der Waals surface area contributed by atoms with Crippen molar-refractivity contribution in [3.63, 3.8) is 0 Å². The molecule has 4 atom stereocenters. The molecule has 0 radical (unpaired) electrons. The zero-order chi connectivity index (χ0) is 31.5. The molecule has 1 amide bonds. The molecule has 3 aromatic rings. The Labute approximate surface area is 257 Å². The van der Waals surface area contributed by atoms with E-state index in [9.17, 15) is 34.8 Å². The summed E-state index contributed by atoms with van der Waals surface area (Å²) in [7, 11) is 3.21. The largest absolute Gasteiger partial charge is 0.510 e. The Hall–Kier alpha value is -4.29. The topological polar surface area (TPSA) is 173 Å². The van der Waals surface area contributed by atoms with Gasteiger partial charge < -0.3 is 31.5 Å². The number of fused-ring (bicyclic) bond motifs is 3. The SMILES string of the molecule is CN(C)C1C(O)=C(C(N)=O)C(=O)C2(O)C(O)=C3C(=O)c4c(O)ccc(-c5ccc(CNCc6ccccc6)s5)c4CC3CC12. The number of aliphatic hydroxyl groups excluding tert-OH is 2. The van der Waals surface area contributed by atoms with Crippen molar-refractivity contribution in [2.24, 2.45) is 17.6 Å². The smallest absolute Gasteiger partial charge is 0.255 e. The molecule has 0 saturated heterocycles. The molecule has 228 valence electrons. The van der Waals surface area contributed by atoms with E-state index < -0.39 is 58.0 Å². The Balaban J connectivity index is 1.37. The zero-order valence-electron chi connectivity index (χ0n) is 24.2. The molecule has 4 unspecified atom stereocenters. The number of aromatic hydroxyl groups is 1. The minimum atomic E-state index is -2.66. The quantitative estimate of drug-likeness (QED) is 0.218. The molecule has 6 rings (SSSR count). The number of thiophene rings is 1. The van der Waals surface area contributed by atoms with E-state index in [1.807, 2.05) is 30.3 Å². The van der Waals surface area contributed by atoms with Gasteiger partial charge in [0.15, 0.2) is 11.4 Å². The standard InChI is InChI=1S/C33H33N3O7S/c1-36(2)27-21-13-17-12-20-19(23-11-8-18(44-23)15-35-14-16-6-4-3-5-7-16)9-10-22(37)25(20)28(38)24(17)30(40)33(21,43)31(41)26(29(27)39)32(34)42/h3-11,17,21,27,35,37,39-40,43H,12-15H2,1-2H3,(H2,34,42). The number of phenolic OH excluding ortho intramolecular Hbond substituents is 1. The molecule has 1 aromatic heterocycles. The summed E-state index contributed by atoms with van der Waals surface area (Å²) in [5.74, 6) is -6.64. The second-order valence-corrected chi connectivity index (χ2v) is 13.0. The first kappa shape index (κ1) is 29.8. The Morgan fingerprint density at radius 2 is 1.77 bits per heavy atom. The third-order valence-electron chi connectivity index (χ3n) is 9.00. The molecule has 10 nitrogen and oxygen atoms in total.